The van der Waals surface area contributed by atoms with Crippen molar-refractivity contribution in [3.05, 3.63) is 34.9 Å². The Morgan fingerprint density at radius 3 is 2.50 bits per heavy atom. The largest absolute Gasteiger partial charge is 0.351 e. The van der Waals surface area contributed by atoms with E-state index in [4.69, 9.17) is 0 Å². The first-order chi connectivity index (χ1) is 8.28. The molecule has 0 radical (unpaired) electrons. The molecule has 0 saturated heterocycles. The second-order valence-corrected chi connectivity index (χ2v) is 7.41. The molecule has 1 N–H and O–H groups in total. The lowest BCUT2D eigenvalue weighted by Gasteiger charge is -2.17. The fraction of sp³-hybridized carbons (Fsp3) is 0.533. The van der Waals surface area contributed by atoms with Crippen LogP contribution in [0.25, 0.3) is 0 Å². The van der Waals surface area contributed by atoms with Crippen LogP contribution < -0.4 is 5.32 Å². The van der Waals surface area contributed by atoms with Crippen LogP contribution in [-0.4, -0.2) is 16.4 Å². The van der Waals surface area contributed by atoms with Gasteiger partial charge in [0.2, 0.25) is 5.91 Å². The summed E-state index contributed by atoms with van der Waals surface area (Å²) in [6.07, 6.45) is 0. The molecule has 18 heavy (non-hydrogen) atoms. The highest BCUT2D eigenvalue weighted by Crippen LogP contribution is 2.22. The van der Waals surface area contributed by atoms with Gasteiger partial charge >= 0.3 is 0 Å². The number of carbonyl (C=O) groups excluding carboxylic acids is 1. The third-order valence-corrected chi connectivity index (χ3v) is 3.88. The van der Waals surface area contributed by atoms with E-state index in [1.54, 1.807) is 11.8 Å². The molecule has 0 unspecified atom stereocenters. The van der Waals surface area contributed by atoms with Gasteiger partial charge in [-0.1, -0.05) is 44.5 Å². The lowest BCUT2D eigenvalue weighted by atomic mass is 10.1. The molecular formula is C15H23NOS. The van der Waals surface area contributed by atoms with Crippen LogP contribution in [0.4, 0.5) is 0 Å². The quantitative estimate of drug-likeness (QED) is 0.903. The molecule has 3 heteroatoms. The first kappa shape index (κ1) is 15.1. The number of aryl methyl sites for hydroxylation is 2. The van der Waals surface area contributed by atoms with Crippen LogP contribution in [0.2, 0.25) is 0 Å². The van der Waals surface area contributed by atoms with Gasteiger partial charge in [0.25, 0.3) is 0 Å². The van der Waals surface area contributed by atoms with Crippen molar-refractivity contribution in [1.29, 1.82) is 0 Å². The Balaban J connectivity index is 2.43. The predicted molar refractivity (Wildman–Crippen MR) is 80.0 cm³/mol. The molecule has 0 aliphatic rings. The van der Waals surface area contributed by atoms with Crippen LogP contribution in [0.1, 0.15) is 37.5 Å². The fourth-order valence-corrected chi connectivity index (χ4v) is 2.24. The summed E-state index contributed by atoms with van der Waals surface area (Å²) in [6.45, 7) is 11.1. The molecule has 0 saturated carbocycles. The Hall–Kier alpha value is -0.960. The van der Waals surface area contributed by atoms with E-state index in [9.17, 15) is 4.79 Å². The summed E-state index contributed by atoms with van der Waals surface area (Å²) < 4.78 is 0.136. The number of thioether (sulfide) groups is 1. The van der Waals surface area contributed by atoms with Gasteiger partial charge in [-0.25, -0.2) is 0 Å². The number of hydrogen-bond donors (Lipinski definition) is 1. The van der Waals surface area contributed by atoms with E-state index in [2.05, 4.69) is 58.1 Å². The number of hydrogen-bond acceptors (Lipinski definition) is 2. The van der Waals surface area contributed by atoms with Gasteiger partial charge in [-0.3, -0.25) is 4.79 Å². The minimum absolute atomic E-state index is 0.106. The van der Waals surface area contributed by atoms with Crippen molar-refractivity contribution in [1.82, 2.24) is 5.32 Å². The molecule has 1 amide bonds. The SMILES string of the molecule is Cc1ccc(CNC(=O)CSC(C)(C)C)c(C)c1. The summed E-state index contributed by atoms with van der Waals surface area (Å²) in [5, 5.41) is 2.97. The molecule has 0 aromatic heterocycles. The average molecular weight is 265 g/mol. The summed E-state index contributed by atoms with van der Waals surface area (Å²) in [7, 11) is 0. The van der Waals surface area contributed by atoms with Crippen LogP contribution >= 0.6 is 11.8 Å². The second kappa shape index (κ2) is 6.28. The monoisotopic (exact) mass is 265 g/mol. The maximum absolute atomic E-state index is 11.7. The van der Waals surface area contributed by atoms with Crippen LogP contribution in [0.3, 0.4) is 0 Å². The maximum atomic E-state index is 11.7. The molecule has 0 aliphatic carbocycles. The average Bonchev–Trinajstić information content (AvgIpc) is 2.24. The second-order valence-electron chi connectivity index (χ2n) is 5.61. The van der Waals surface area contributed by atoms with Crippen molar-refractivity contribution in [2.75, 3.05) is 5.75 Å². The van der Waals surface area contributed by atoms with E-state index in [1.807, 2.05) is 0 Å². The van der Waals surface area contributed by atoms with E-state index < -0.39 is 0 Å². The van der Waals surface area contributed by atoms with Crippen molar-refractivity contribution >= 4 is 17.7 Å². The zero-order valence-corrected chi connectivity index (χ0v) is 12.8. The van der Waals surface area contributed by atoms with Gasteiger partial charge in [0.1, 0.15) is 0 Å². The third-order valence-electron chi connectivity index (χ3n) is 2.61. The van der Waals surface area contributed by atoms with Crippen LogP contribution in [0, 0.1) is 13.8 Å². The number of carbonyl (C=O) groups is 1. The third kappa shape index (κ3) is 5.58. The molecule has 0 atom stereocenters. The lowest BCUT2D eigenvalue weighted by Crippen LogP contribution is -2.26. The Kier molecular flexibility index (Phi) is 5.27. The fourth-order valence-electron chi connectivity index (χ4n) is 1.57. The molecule has 100 valence electrons. The van der Waals surface area contributed by atoms with Crippen LogP contribution in [0.5, 0.6) is 0 Å². The number of nitrogens with one attached hydrogen (secondary N) is 1. The summed E-state index contributed by atoms with van der Waals surface area (Å²) >= 11 is 1.67. The molecule has 1 aromatic rings. The Labute approximate surface area is 115 Å². The smallest absolute Gasteiger partial charge is 0.230 e. The highest BCUT2D eigenvalue weighted by molar-refractivity contribution is 8.01. The summed E-state index contributed by atoms with van der Waals surface area (Å²) in [5.74, 6) is 0.629. The van der Waals surface area contributed by atoms with Gasteiger partial charge in [0.05, 0.1) is 5.75 Å². The molecule has 2 nitrogen and oxygen atoms in total. The van der Waals surface area contributed by atoms with Gasteiger partial charge in [0, 0.05) is 11.3 Å². The molecule has 1 aromatic carbocycles. The zero-order valence-electron chi connectivity index (χ0n) is 12.0. The van der Waals surface area contributed by atoms with E-state index in [0.717, 1.165) is 0 Å². The first-order valence-electron chi connectivity index (χ1n) is 6.25. The summed E-state index contributed by atoms with van der Waals surface area (Å²) in [4.78, 5) is 11.7. The first-order valence-corrected chi connectivity index (χ1v) is 7.23. The number of amides is 1. The molecule has 0 bridgehead atoms. The predicted octanol–water partition coefficient (Wildman–Crippen LogP) is 3.45. The van der Waals surface area contributed by atoms with E-state index >= 15 is 0 Å². The van der Waals surface area contributed by atoms with Crippen molar-refractivity contribution in [3.8, 4) is 0 Å². The lowest BCUT2D eigenvalue weighted by molar-refractivity contribution is -0.118. The normalized spacial score (nSPS) is 11.4. The highest BCUT2D eigenvalue weighted by Gasteiger charge is 2.13. The topological polar surface area (TPSA) is 29.1 Å². The van der Waals surface area contributed by atoms with Crippen LogP contribution in [-0.2, 0) is 11.3 Å². The highest BCUT2D eigenvalue weighted by atomic mass is 32.2. The Morgan fingerprint density at radius 2 is 1.94 bits per heavy atom. The van der Waals surface area contributed by atoms with Crippen molar-refractivity contribution in [3.63, 3.8) is 0 Å². The van der Waals surface area contributed by atoms with Gasteiger partial charge in [0.15, 0.2) is 0 Å². The van der Waals surface area contributed by atoms with E-state index in [0.29, 0.717) is 12.3 Å². The Morgan fingerprint density at radius 1 is 1.28 bits per heavy atom. The minimum Gasteiger partial charge on any atom is -0.351 e. The standard InChI is InChI=1S/C15H23NOS/c1-11-6-7-13(12(2)8-11)9-16-14(17)10-18-15(3,4)5/h6-8H,9-10H2,1-5H3,(H,16,17). The zero-order chi connectivity index (χ0) is 13.8. The van der Waals surface area contributed by atoms with Gasteiger partial charge in [-0.15, -0.1) is 11.8 Å². The number of benzene rings is 1. The minimum atomic E-state index is 0.106. The number of rotatable bonds is 4. The van der Waals surface area contributed by atoms with Gasteiger partial charge in [-0.2, -0.15) is 0 Å². The molecule has 0 heterocycles. The summed E-state index contributed by atoms with van der Waals surface area (Å²) in [6, 6.07) is 6.31. The van der Waals surface area contributed by atoms with E-state index in [-0.39, 0.29) is 10.7 Å². The molecule has 0 spiro atoms. The molecular weight excluding hydrogens is 242 g/mol. The summed E-state index contributed by atoms with van der Waals surface area (Å²) in [5.41, 5.74) is 3.68. The maximum Gasteiger partial charge on any atom is 0.230 e. The van der Waals surface area contributed by atoms with Crippen LogP contribution in [0.15, 0.2) is 18.2 Å². The molecule has 0 aliphatic heterocycles. The molecule has 0 fully saturated rings. The van der Waals surface area contributed by atoms with Crippen molar-refractivity contribution in [2.24, 2.45) is 0 Å². The van der Waals surface area contributed by atoms with Gasteiger partial charge < -0.3 is 5.32 Å². The van der Waals surface area contributed by atoms with Crippen molar-refractivity contribution < 1.29 is 4.79 Å². The molecule has 1 rings (SSSR count). The van der Waals surface area contributed by atoms with E-state index in [1.165, 1.54) is 16.7 Å². The van der Waals surface area contributed by atoms with Gasteiger partial charge in [-0.05, 0) is 25.0 Å². The Bertz CT molecular complexity index is 421. The van der Waals surface area contributed by atoms with Crippen molar-refractivity contribution in [2.45, 2.75) is 45.9 Å².